The molecule has 0 radical (unpaired) electrons. The number of nitrogens with zero attached hydrogens (tertiary/aromatic N) is 7. The van der Waals surface area contributed by atoms with Crippen LogP contribution in [0.4, 0.5) is 21.4 Å². The Bertz CT molecular complexity index is 2450. The van der Waals surface area contributed by atoms with Crippen molar-refractivity contribution < 1.29 is 70.3 Å². The molecule has 29 heteroatoms. The molecule has 62 heavy (non-hydrogen) atoms. The number of rotatable bonds is 11. The Kier molecular flexibility index (Phi) is 13.2. The first-order chi connectivity index (χ1) is 29.3. The van der Waals surface area contributed by atoms with E-state index in [2.05, 4.69) is 29.9 Å². The van der Waals surface area contributed by atoms with Crippen molar-refractivity contribution in [3.63, 3.8) is 0 Å². The SMILES string of the molecule is CO[C@H]1[C@H]2O[P@@](=O)(OCOC(=O)OC(C)C)OC[C@@]3(C)C[C@@H](n4cnc5c(N)ncnc54)[C@H](O)[C@@H]3[P@@](=O)(SCOC(=O)OC(C)C)OC[C@H]1O[C@H]2n1cnc2c(=O)[nH]c(N)nc21. The number of hydrogen-bond acceptors (Lipinski definition) is 24. The number of methoxy groups -OCH3 is 1. The number of phosphoric ester groups is 1. The van der Waals surface area contributed by atoms with Crippen molar-refractivity contribution in [3.05, 3.63) is 29.3 Å². The maximum absolute atomic E-state index is 15.7. The van der Waals surface area contributed by atoms with Gasteiger partial charge in [-0.25, -0.2) is 38.6 Å². The number of nitrogens with one attached hydrogen (secondary N) is 1. The lowest BCUT2D eigenvalue weighted by Crippen LogP contribution is -2.41. The quantitative estimate of drug-likeness (QED) is 0.0952. The van der Waals surface area contributed by atoms with Crippen LogP contribution in [0.25, 0.3) is 22.3 Å². The number of ether oxygens (including phenoxy) is 6. The second-order valence-corrected chi connectivity index (χ2v) is 21.5. The molecule has 1 aliphatic carbocycles. The zero-order chi connectivity index (χ0) is 44.7. The molecule has 4 aromatic heterocycles. The van der Waals surface area contributed by atoms with Crippen LogP contribution >= 0.6 is 25.8 Å². The first-order valence-electron chi connectivity index (χ1n) is 19.0. The van der Waals surface area contributed by atoms with E-state index >= 15 is 9.13 Å². The van der Waals surface area contributed by atoms with E-state index in [0.717, 1.165) is 0 Å². The molecule has 7 rings (SSSR count). The summed E-state index contributed by atoms with van der Waals surface area (Å²) in [5, 5.41) is 12.4. The summed E-state index contributed by atoms with van der Waals surface area (Å²) in [4.78, 5) is 60.9. The van der Waals surface area contributed by atoms with E-state index < -0.39 is 118 Å². The molecule has 2 saturated heterocycles. The van der Waals surface area contributed by atoms with E-state index in [1.54, 1.807) is 39.2 Å². The first-order valence-corrected chi connectivity index (χ1v) is 23.7. The molecule has 3 fully saturated rings. The molecule has 340 valence electrons. The van der Waals surface area contributed by atoms with E-state index in [9.17, 15) is 19.5 Å². The highest BCUT2D eigenvalue weighted by Crippen LogP contribution is 2.73. The van der Waals surface area contributed by atoms with Gasteiger partial charge in [-0.3, -0.25) is 28.0 Å². The third kappa shape index (κ3) is 9.14. The summed E-state index contributed by atoms with van der Waals surface area (Å²) in [6.45, 7) is 1.45. The lowest BCUT2D eigenvalue weighted by atomic mass is 9.89. The monoisotopic (exact) mass is 932 g/mol. The number of anilines is 2. The van der Waals surface area contributed by atoms with Gasteiger partial charge in [0.15, 0.2) is 28.9 Å². The number of H-pyrrole nitrogens is 1. The second kappa shape index (κ2) is 18.0. The average molecular weight is 933 g/mol. The van der Waals surface area contributed by atoms with Gasteiger partial charge in [0.2, 0.25) is 12.7 Å². The predicted molar refractivity (Wildman–Crippen MR) is 214 cm³/mol. The van der Waals surface area contributed by atoms with Crippen molar-refractivity contribution >= 4 is 72.2 Å². The maximum Gasteiger partial charge on any atom is 0.510 e. The minimum absolute atomic E-state index is 0.0507. The van der Waals surface area contributed by atoms with Gasteiger partial charge >= 0.3 is 20.1 Å². The Labute approximate surface area is 355 Å². The highest BCUT2D eigenvalue weighted by Gasteiger charge is 2.62. The fraction of sp³-hybridized carbons (Fsp3) is 0.636. The molecular weight excluding hydrogens is 886 g/mol. The highest BCUT2D eigenvalue weighted by molar-refractivity contribution is 8.56. The van der Waals surface area contributed by atoms with Crippen molar-refractivity contribution in [2.45, 2.75) is 95.6 Å². The topological polar surface area (TPSA) is 340 Å². The minimum atomic E-state index is -5.00. The molecule has 6 N–H and O–H groups in total. The Balaban J connectivity index is 1.32. The number of hydrogen-bond donors (Lipinski definition) is 4. The van der Waals surface area contributed by atoms with Crippen LogP contribution in [0.1, 0.15) is 53.3 Å². The summed E-state index contributed by atoms with van der Waals surface area (Å²) in [6, 6.07) is -0.945. The van der Waals surface area contributed by atoms with Gasteiger partial charge in [0, 0.05) is 12.5 Å². The zero-order valence-corrected chi connectivity index (χ0v) is 36.7. The molecular formula is C33H46N10O16P2S. The van der Waals surface area contributed by atoms with Gasteiger partial charge in [-0.2, -0.15) is 4.98 Å². The van der Waals surface area contributed by atoms with E-state index in [-0.39, 0.29) is 40.5 Å². The van der Waals surface area contributed by atoms with Crippen LogP contribution in [0, 0.1) is 5.41 Å². The average Bonchev–Trinajstić information content (AvgIpc) is 3.95. The fourth-order valence-electron chi connectivity index (χ4n) is 7.61. The standard InChI is InChI=1S/C33H46N10O16P2S/c1-15(2)56-31(46)51-13-55-61(49)54-9-33(5)7-17(42-11-38-19-25(34)36-10-37-26(19)42)21(44)24(33)60(48,62-14-52-32(47)57-16(3)4)53-8-18-22(50-6)23(59-61)29(58-18)43-12-39-20-27(43)40-30(35)41-28(20)45/h10-12,15-18,21-24,29,44H,7-9,13-14H2,1-6H3,(H2,34,36,37)(H3,35,40,41,45)/t17-,18-,21+,22-,23-,24+,29-,33-,60+,61-/m1/s1. The summed E-state index contributed by atoms with van der Waals surface area (Å²) in [7, 11) is -3.71. The van der Waals surface area contributed by atoms with Gasteiger partial charge < -0.3 is 54.1 Å². The predicted octanol–water partition coefficient (Wildman–Crippen LogP) is 3.24. The first kappa shape index (κ1) is 45.6. The summed E-state index contributed by atoms with van der Waals surface area (Å²) in [5.74, 6) is -0.749. The third-order valence-corrected chi connectivity index (χ3v) is 16.6. The van der Waals surface area contributed by atoms with Gasteiger partial charge in [-0.05, 0) is 45.5 Å². The van der Waals surface area contributed by atoms with E-state index in [1.807, 2.05) is 0 Å². The zero-order valence-electron chi connectivity index (χ0n) is 34.1. The molecule has 26 nitrogen and oxygen atoms in total. The fourth-order valence-corrected chi connectivity index (χ4v) is 14.2. The Morgan fingerprint density at radius 3 is 2.42 bits per heavy atom. The molecule has 10 atom stereocenters. The van der Waals surface area contributed by atoms with Crippen molar-refractivity contribution in [2.75, 3.05) is 44.5 Å². The molecule has 1 saturated carbocycles. The summed E-state index contributed by atoms with van der Waals surface area (Å²) in [5.41, 5.74) is 8.70. The molecule has 2 aliphatic heterocycles. The molecule has 6 heterocycles. The van der Waals surface area contributed by atoms with Crippen LogP contribution in [0.5, 0.6) is 0 Å². The van der Waals surface area contributed by atoms with Gasteiger partial charge in [0.05, 0.1) is 55.9 Å². The minimum Gasteiger partial charge on any atom is -0.432 e. The lowest BCUT2D eigenvalue weighted by Gasteiger charge is -2.38. The van der Waals surface area contributed by atoms with Crippen molar-refractivity contribution in [1.82, 2.24) is 39.0 Å². The van der Waals surface area contributed by atoms with E-state index in [0.29, 0.717) is 11.4 Å². The number of aliphatic hydroxyl groups excluding tert-OH is 1. The molecule has 0 amide bonds. The number of carbonyl (C=O) groups excluding carboxylic acids is 2. The van der Waals surface area contributed by atoms with Crippen LogP contribution in [0.3, 0.4) is 0 Å². The van der Waals surface area contributed by atoms with Crippen LogP contribution in [0.15, 0.2) is 23.8 Å². The normalized spacial score (nSPS) is 31.5. The van der Waals surface area contributed by atoms with Gasteiger partial charge in [-0.1, -0.05) is 6.92 Å². The summed E-state index contributed by atoms with van der Waals surface area (Å²) in [6.07, 6.45) is -6.43. The Morgan fingerprint density at radius 1 is 1.02 bits per heavy atom. The van der Waals surface area contributed by atoms with Crippen LogP contribution in [-0.2, 0) is 55.6 Å². The second-order valence-electron chi connectivity index (χ2n) is 15.2. The molecule has 0 spiro atoms. The van der Waals surface area contributed by atoms with Crippen molar-refractivity contribution in [1.29, 1.82) is 0 Å². The number of fused-ring (bicyclic) bond motifs is 5. The van der Waals surface area contributed by atoms with Crippen LogP contribution in [0.2, 0.25) is 0 Å². The number of aromatic nitrogens is 8. The molecule has 3 aliphatic rings. The van der Waals surface area contributed by atoms with E-state index in [4.69, 9.17) is 58.0 Å². The van der Waals surface area contributed by atoms with E-state index in [1.165, 1.54) is 30.7 Å². The maximum atomic E-state index is 15.7. The smallest absolute Gasteiger partial charge is 0.432 e. The number of phosphoric acid groups is 1. The van der Waals surface area contributed by atoms with Crippen molar-refractivity contribution in [2.24, 2.45) is 5.41 Å². The summed E-state index contributed by atoms with van der Waals surface area (Å²) >= 11 is 0.598. The number of imidazole rings is 2. The number of aromatic amines is 1. The number of nitrogens with two attached hydrogens (primary N) is 2. The van der Waals surface area contributed by atoms with Crippen LogP contribution in [-0.4, -0.2) is 132 Å². The Morgan fingerprint density at radius 2 is 1.71 bits per heavy atom. The molecule has 4 aromatic rings. The van der Waals surface area contributed by atoms with Crippen LogP contribution < -0.4 is 17.0 Å². The van der Waals surface area contributed by atoms with Gasteiger partial charge in [-0.15, -0.1) is 0 Å². The van der Waals surface area contributed by atoms with Gasteiger partial charge in [0.25, 0.3) is 12.1 Å². The lowest BCUT2D eigenvalue weighted by molar-refractivity contribution is -0.0602. The number of carbonyl (C=O) groups is 2. The third-order valence-electron chi connectivity index (χ3n) is 10.2. The molecule has 2 bridgehead atoms. The number of nitrogen functional groups attached to an aromatic ring is 2. The van der Waals surface area contributed by atoms with Gasteiger partial charge in [0.1, 0.15) is 36.1 Å². The molecule has 0 unspecified atom stereocenters. The molecule has 0 aromatic carbocycles. The highest BCUT2D eigenvalue weighted by atomic mass is 32.7. The summed E-state index contributed by atoms with van der Waals surface area (Å²) < 4.78 is 90.5. The number of aliphatic hydroxyl groups is 1. The largest absolute Gasteiger partial charge is 0.510 e. The Hall–Kier alpha value is -4.43. The van der Waals surface area contributed by atoms with Crippen molar-refractivity contribution in [3.8, 4) is 0 Å².